The molecule has 0 atom stereocenters. The number of aromatic nitrogens is 2. The quantitative estimate of drug-likeness (QED) is 0.806. The zero-order chi connectivity index (χ0) is 12.5. The van der Waals surface area contributed by atoms with E-state index in [1.807, 2.05) is 30.3 Å². The minimum Gasteiger partial charge on any atom is -0.384 e. The van der Waals surface area contributed by atoms with Crippen molar-refractivity contribution in [2.75, 3.05) is 12.0 Å². The summed E-state index contributed by atoms with van der Waals surface area (Å²) < 4.78 is 22.8. The van der Waals surface area contributed by atoms with Gasteiger partial charge in [0.05, 0.1) is 5.69 Å². The van der Waals surface area contributed by atoms with Crippen LogP contribution in [0.4, 0.5) is 5.82 Å². The van der Waals surface area contributed by atoms with Crippen LogP contribution in [0.3, 0.4) is 0 Å². The number of hydrogen-bond donors (Lipinski definition) is 1. The van der Waals surface area contributed by atoms with Gasteiger partial charge in [-0.25, -0.2) is 18.4 Å². The van der Waals surface area contributed by atoms with Gasteiger partial charge < -0.3 is 5.73 Å². The van der Waals surface area contributed by atoms with E-state index in [4.69, 9.17) is 5.73 Å². The Kier molecular flexibility index (Phi) is 2.81. The maximum atomic E-state index is 11.4. The van der Waals surface area contributed by atoms with Gasteiger partial charge in [-0.3, -0.25) is 0 Å². The number of hydrogen-bond acceptors (Lipinski definition) is 5. The van der Waals surface area contributed by atoms with Gasteiger partial charge in [-0.05, 0) is 0 Å². The molecule has 88 valence electrons. The largest absolute Gasteiger partial charge is 0.384 e. The van der Waals surface area contributed by atoms with Gasteiger partial charge in [0.1, 0.15) is 5.82 Å². The third kappa shape index (κ3) is 2.59. The summed E-state index contributed by atoms with van der Waals surface area (Å²) in [6, 6.07) is 10.7. The molecule has 0 aliphatic rings. The first kappa shape index (κ1) is 11.5. The highest BCUT2D eigenvalue weighted by molar-refractivity contribution is 7.90. The zero-order valence-corrected chi connectivity index (χ0v) is 9.98. The van der Waals surface area contributed by atoms with E-state index in [1.54, 1.807) is 6.07 Å². The lowest BCUT2D eigenvalue weighted by Gasteiger charge is -2.04. The molecule has 6 heteroatoms. The Morgan fingerprint density at radius 2 is 1.76 bits per heavy atom. The van der Waals surface area contributed by atoms with Crippen molar-refractivity contribution in [3.63, 3.8) is 0 Å². The molecule has 0 spiro atoms. The standard InChI is InChI=1S/C11H11N3O2S/c1-17(15,16)11-13-9(7-10(12)14-11)8-5-3-2-4-6-8/h2-7H,1H3,(H2,12,13,14). The van der Waals surface area contributed by atoms with Crippen LogP contribution in [0.15, 0.2) is 41.6 Å². The number of anilines is 1. The van der Waals surface area contributed by atoms with Crippen molar-refractivity contribution >= 4 is 15.7 Å². The third-order valence-electron chi connectivity index (χ3n) is 2.13. The summed E-state index contributed by atoms with van der Waals surface area (Å²) >= 11 is 0. The normalized spacial score (nSPS) is 11.4. The van der Waals surface area contributed by atoms with Gasteiger partial charge >= 0.3 is 0 Å². The van der Waals surface area contributed by atoms with Crippen molar-refractivity contribution in [1.82, 2.24) is 9.97 Å². The number of benzene rings is 1. The average molecular weight is 249 g/mol. The fourth-order valence-electron chi connectivity index (χ4n) is 1.37. The Bertz CT molecular complexity index is 639. The number of nitrogens with zero attached hydrogens (tertiary/aromatic N) is 2. The molecule has 0 radical (unpaired) electrons. The lowest BCUT2D eigenvalue weighted by molar-refractivity contribution is 0.593. The van der Waals surface area contributed by atoms with Crippen LogP contribution < -0.4 is 5.73 Å². The van der Waals surface area contributed by atoms with Crippen LogP contribution in [-0.4, -0.2) is 24.6 Å². The van der Waals surface area contributed by atoms with E-state index in [1.165, 1.54) is 0 Å². The summed E-state index contributed by atoms with van der Waals surface area (Å²) in [6.07, 6.45) is 1.05. The van der Waals surface area contributed by atoms with E-state index < -0.39 is 9.84 Å². The molecule has 1 heterocycles. The summed E-state index contributed by atoms with van der Waals surface area (Å²) in [5.41, 5.74) is 6.87. The molecular formula is C11H11N3O2S. The van der Waals surface area contributed by atoms with E-state index >= 15 is 0 Å². The summed E-state index contributed by atoms with van der Waals surface area (Å²) in [6.45, 7) is 0. The Balaban J connectivity index is 2.61. The number of nitrogens with two attached hydrogens (primary N) is 1. The molecule has 0 aliphatic heterocycles. The second-order valence-electron chi connectivity index (χ2n) is 3.60. The van der Waals surface area contributed by atoms with Gasteiger partial charge in [0, 0.05) is 17.9 Å². The van der Waals surface area contributed by atoms with Crippen LogP contribution in [0.5, 0.6) is 0 Å². The van der Waals surface area contributed by atoms with Crippen LogP contribution in [0, 0.1) is 0 Å². The Hall–Kier alpha value is -1.95. The maximum Gasteiger partial charge on any atom is 0.249 e. The van der Waals surface area contributed by atoms with Gasteiger partial charge in [0.25, 0.3) is 0 Å². The van der Waals surface area contributed by atoms with Crippen LogP contribution >= 0.6 is 0 Å². The van der Waals surface area contributed by atoms with Gasteiger partial charge in [-0.2, -0.15) is 0 Å². The van der Waals surface area contributed by atoms with E-state index in [-0.39, 0.29) is 11.0 Å². The lowest BCUT2D eigenvalue weighted by Crippen LogP contribution is -2.07. The number of sulfone groups is 1. The van der Waals surface area contributed by atoms with E-state index in [0.717, 1.165) is 11.8 Å². The molecule has 17 heavy (non-hydrogen) atoms. The number of nitrogen functional groups attached to an aromatic ring is 1. The van der Waals surface area contributed by atoms with Crippen molar-refractivity contribution in [3.8, 4) is 11.3 Å². The smallest absolute Gasteiger partial charge is 0.249 e. The third-order valence-corrected chi connectivity index (χ3v) is 2.97. The summed E-state index contributed by atoms with van der Waals surface area (Å²) in [4.78, 5) is 7.71. The second-order valence-corrected chi connectivity index (χ2v) is 5.51. The van der Waals surface area contributed by atoms with E-state index in [2.05, 4.69) is 9.97 Å². The predicted molar refractivity (Wildman–Crippen MR) is 65.0 cm³/mol. The molecule has 0 unspecified atom stereocenters. The average Bonchev–Trinajstić information content (AvgIpc) is 2.28. The molecule has 1 aromatic heterocycles. The minimum atomic E-state index is -3.46. The highest BCUT2D eigenvalue weighted by Gasteiger charge is 2.13. The molecule has 2 rings (SSSR count). The minimum absolute atomic E-state index is 0.138. The molecule has 1 aromatic carbocycles. The van der Waals surface area contributed by atoms with Gasteiger partial charge in [0.2, 0.25) is 15.0 Å². The van der Waals surface area contributed by atoms with Gasteiger partial charge in [0.15, 0.2) is 0 Å². The van der Waals surface area contributed by atoms with Crippen LogP contribution in [0.2, 0.25) is 0 Å². The zero-order valence-electron chi connectivity index (χ0n) is 9.16. The van der Waals surface area contributed by atoms with E-state index in [0.29, 0.717) is 5.69 Å². The highest BCUT2D eigenvalue weighted by Crippen LogP contribution is 2.19. The fraction of sp³-hybridized carbons (Fsp3) is 0.0909. The monoisotopic (exact) mass is 249 g/mol. The molecule has 0 amide bonds. The Labute approximate surface area is 99.3 Å². The summed E-state index contributed by atoms with van der Waals surface area (Å²) in [5.74, 6) is 0.138. The lowest BCUT2D eigenvalue weighted by atomic mass is 10.1. The predicted octanol–water partition coefficient (Wildman–Crippen LogP) is 1.13. The first-order valence-electron chi connectivity index (χ1n) is 4.87. The molecule has 0 saturated carbocycles. The topological polar surface area (TPSA) is 85.9 Å². The van der Waals surface area contributed by atoms with Crippen LogP contribution in [-0.2, 0) is 9.84 Å². The molecule has 0 fully saturated rings. The van der Waals surface area contributed by atoms with Gasteiger partial charge in [-0.1, -0.05) is 30.3 Å². The van der Waals surface area contributed by atoms with Crippen molar-refractivity contribution in [3.05, 3.63) is 36.4 Å². The SMILES string of the molecule is CS(=O)(=O)c1nc(N)cc(-c2ccccc2)n1. The summed E-state index contributed by atoms with van der Waals surface area (Å²) in [5, 5.41) is -0.253. The second kappa shape index (κ2) is 4.14. The van der Waals surface area contributed by atoms with Crippen LogP contribution in [0.25, 0.3) is 11.3 Å². The summed E-state index contributed by atoms with van der Waals surface area (Å²) in [7, 11) is -3.46. The molecule has 5 nitrogen and oxygen atoms in total. The number of rotatable bonds is 2. The molecule has 2 N–H and O–H groups in total. The Morgan fingerprint density at radius 1 is 1.12 bits per heavy atom. The molecule has 0 bridgehead atoms. The maximum absolute atomic E-state index is 11.4. The van der Waals surface area contributed by atoms with Crippen LogP contribution in [0.1, 0.15) is 0 Å². The molecule has 2 aromatic rings. The highest BCUT2D eigenvalue weighted by atomic mass is 32.2. The Morgan fingerprint density at radius 3 is 2.35 bits per heavy atom. The van der Waals surface area contributed by atoms with Crippen molar-refractivity contribution in [2.24, 2.45) is 0 Å². The van der Waals surface area contributed by atoms with Crippen molar-refractivity contribution < 1.29 is 8.42 Å². The van der Waals surface area contributed by atoms with Crippen molar-refractivity contribution in [1.29, 1.82) is 0 Å². The van der Waals surface area contributed by atoms with Gasteiger partial charge in [-0.15, -0.1) is 0 Å². The molecular weight excluding hydrogens is 238 g/mol. The first-order chi connectivity index (χ1) is 7.97. The first-order valence-corrected chi connectivity index (χ1v) is 6.76. The fourth-order valence-corrected chi connectivity index (χ4v) is 1.90. The van der Waals surface area contributed by atoms with Crippen molar-refractivity contribution in [2.45, 2.75) is 5.16 Å². The molecule has 0 saturated heterocycles. The molecule has 0 aliphatic carbocycles. The van der Waals surface area contributed by atoms with E-state index in [9.17, 15) is 8.42 Å².